The predicted octanol–water partition coefficient (Wildman–Crippen LogP) is -0.795. The number of aliphatic hydroxyl groups excluding tert-OH is 1. The summed E-state index contributed by atoms with van der Waals surface area (Å²) in [5, 5.41) is 20.0. The van der Waals surface area contributed by atoms with Crippen LogP contribution in [0.4, 0.5) is 0 Å². The number of hydrogen-bond acceptors (Lipinski definition) is 4. The summed E-state index contributed by atoms with van der Waals surface area (Å²) in [6, 6.07) is 0.0532. The van der Waals surface area contributed by atoms with Gasteiger partial charge in [0.15, 0.2) is 0 Å². The quantitative estimate of drug-likeness (QED) is 0.609. The Bertz CT molecular complexity index is 227. The van der Waals surface area contributed by atoms with E-state index < -0.39 is 0 Å². The predicted molar refractivity (Wildman–Crippen MR) is 45.2 cm³/mol. The summed E-state index contributed by atoms with van der Waals surface area (Å²) >= 11 is 0. The SMILES string of the molecule is Cl.O[C@H]1CNC[C@@H]1n1ccnn1. The van der Waals surface area contributed by atoms with Crippen LogP contribution in [0.3, 0.4) is 0 Å². The highest BCUT2D eigenvalue weighted by molar-refractivity contribution is 5.85. The molecule has 1 aliphatic rings. The van der Waals surface area contributed by atoms with Gasteiger partial charge in [-0.1, -0.05) is 5.21 Å². The molecule has 0 bridgehead atoms. The molecule has 2 rings (SSSR count). The maximum atomic E-state index is 9.41. The summed E-state index contributed by atoms with van der Waals surface area (Å²) in [7, 11) is 0. The smallest absolute Gasteiger partial charge is 0.0932 e. The van der Waals surface area contributed by atoms with Gasteiger partial charge < -0.3 is 10.4 Å². The number of nitrogens with one attached hydrogen (secondary N) is 1. The molecule has 1 aromatic rings. The van der Waals surface area contributed by atoms with E-state index in [-0.39, 0.29) is 24.6 Å². The Morgan fingerprint density at radius 1 is 1.50 bits per heavy atom. The Morgan fingerprint density at radius 3 is 2.83 bits per heavy atom. The largest absolute Gasteiger partial charge is 0.390 e. The number of halogens is 1. The van der Waals surface area contributed by atoms with Crippen LogP contribution in [0.5, 0.6) is 0 Å². The maximum Gasteiger partial charge on any atom is 0.0932 e. The van der Waals surface area contributed by atoms with Crippen molar-refractivity contribution >= 4 is 12.4 Å². The lowest BCUT2D eigenvalue weighted by Gasteiger charge is -2.11. The van der Waals surface area contributed by atoms with Crippen LogP contribution in [-0.4, -0.2) is 39.3 Å². The van der Waals surface area contributed by atoms with E-state index in [1.807, 2.05) is 0 Å². The zero-order valence-corrected chi connectivity index (χ0v) is 7.24. The molecule has 1 aromatic heterocycles. The normalized spacial score (nSPS) is 28.4. The maximum absolute atomic E-state index is 9.41. The van der Waals surface area contributed by atoms with E-state index in [4.69, 9.17) is 0 Å². The van der Waals surface area contributed by atoms with Crippen molar-refractivity contribution in [3.05, 3.63) is 12.4 Å². The zero-order valence-electron chi connectivity index (χ0n) is 6.42. The van der Waals surface area contributed by atoms with E-state index in [9.17, 15) is 5.11 Å². The Labute approximate surface area is 76.2 Å². The molecule has 1 saturated heterocycles. The van der Waals surface area contributed by atoms with Crippen molar-refractivity contribution in [3.63, 3.8) is 0 Å². The van der Waals surface area contributed by atoms with E-state index >= 15 is 0 Å². The van der Waals surface area contributed by atoms with E-state index in [1.54, 1.807) is 17.1 Å². The molecule has 1 aliphatic heterocycles. The van der Waals surface area contributed by atoms with Gasteiger partial charge in [0, 0.05) is 19.3 Å². The topological polar surface area (TPSA) is 63.0 Å². The lowest BCUT2D eigenvalue weighted by atomic mass is 10.2. The number of aromatic nitrogens is 3. The van der Waals surface area contributed by atoms with Crippen molar-refractivity contribution in [1.82, 2.24) is 20.3 Å². The highest BCUT2D eigenvalue weighted by Crippen LogP contribution is 2.12. The molecule has 5 nitrogen and oxygen atoms in total. The lowest BCUT2D eigenvalue weighted by molar-refractivity contribution is 0.143. The summed E-state index contributed by atoms with van der Waals surface area (Å²) in [6.45, 7) is 1.41. The molecule has 2 N–H and O–H groups in total. The van der Waals surface area contributed by atoms with Gasteiger partial charge in [0.05, 0.1) is 18.3 Å². The molecule has 0 aromatic carbocycles. The van der Waals surface area contributed by atoms with E-state index in [1.165, 1.54) is 0 Å². The molecule has 0 aliphatic carbocycles. The van der Waals surface area contributed by atoms with Crippen molar-refractivity contribution in [2.75, 3.05) is 13.1 Å². The summed E-state index contributed by atoms with van der Waals surface area (Å²) in [4.78, 5) is 0. The minimum absolute atomic E-state index is 0. The highest BCUT2D eigenvalue weighted by Gasteiger charge is 2.26. The third kappa shape index (κ3) is 1.57. The third-order valence-electron chi connectivity index (χ3n) is 1.93. The number of β-amino-alcohol motifs (C(OH)–C–C–N with tert-alkyl or cyclic N) is 1. The number of nitrogens with zero attached hydrogens (tertiary/aromatic N) is 3. The van der Waals surface area contributed by atoms with Gasteiger partial charge in [0.25, 0.3) is 0 Å². The second-order valence-electron chi connectivity index (χ2n) is 2.68. The zero-order chi connectivity index (χ0) is 7.68. The van der Waals surface area contributed by atoms with Crippen LogP contribution in [0, 0.1) is 0 Å². The van der Waals surface area contributed by atoms with Crippen molar-refractivity contribution < 1.29 is 5.11 Å². The fourth-order valence-corrected chi connectivity index (χ4v) is 1.32. The minimum Gasteiger partial charge on any atom is -0.390 e. The Balaban J connectivity index is 0.000000720. The summed E-state index contributed by atoms with van der Waals surface area (Å²) in [5.41, 5.74) is 0. The Kier molecular flexibility index (Phi) is 3.02. The summed E-state index contributed by atoms with van der Waals surface area (Å²) in [5.74, 6) is 0. The standard InChI is InChI=1S/C6H10N4O.ClH/c11-6-4-7-3-5(6)10-2-1-8-9-10;/h1-2,5-7,11H,3-4H2;1H/t5-,6-;/m0./s1. The van der Waals surface area contributed by atoms with Gasteiger partial charge in [-0.3, -0.25) is 0 Å². The third-order valence-corrected chi connectivity index (χ3v) is 1.93. The average Bonchev–Trinajstić information content (AvgIpc) is 2.55. The molecule has 0 unspecified atom stereocenters. The second kappa shape index (κ2) is 3.84. The first kappa shape index (κ1) is 9.44. The van der Waals surface area contributed by atoms with Gasteiger partial charge in [-0.05, 0) is 0 Å². The molecule has 0 spiro atoms. The average molecular weight is 191 g/mol. The van der Waals surface area contributed by atoms with Crippen LogP contribution >= 0.6 is 12.4 Å². The molecule has 2 heterocycles. The van der Waals surface area contributed by atoms with Crippen LogP contribution in [0.15, 0.2) is 12.4 Å². The molecule has 6 heteroatoms. The fourth-order valence-electron chi connectivity index (χ4n) is 1.32. The molecular weight excluding hydrogens is 180 g/mol. The van der Waals surface area contributed by atoms with E-state index in [0.29, 0.717) is 6.54 Å². The van der Waals surface area contributed by atoms with Crippen LogP contribution in [0.2, 0.25) is 0 Å². The van der Waals surface area contributed by atoms with Gasteiger partial charge in [-0.25, -0.2) is 4.68 Å². The molecule has 12 heavy (non-hydrogen) atoms. The van der Waals surface area contributed by atoms with Crippen LogP contribution in [-0.2, 0) is 0 Å². The number of hydrogen-bond donors (Lipinski definition) is 2. The van der Waals surface area contributed by atoms with Gasteiger partial charge in [-0.2, -0.15) is 0 Å². The van der Waals surface area contributed by atoms with E-state index in [2.05, 4.69) is 15.6 Å². The van der Waals surface area contributed by atoms with Crippen LogP contribution in [0.1, 0.15) is 6.04 Å². The summed E-state index contributed by atoms with van der Waals surface area (Å²) in [6.07, 6.45) is 3.04. The molecular formula is C6H11ClN4O. The van der Waals surface area contributed by atoms with Crippen LogP contribution < -0.4 is 5.32 Å². The summed E-state index contributed by atoms with van der Waals surface area (Å²) < 4.78 is 1.69. The molecule has 68 valence electrons. The first-order valence-electron chi connectivity index (χ1n) is 3.62. The minimum atomic E-state index is -0.336. The van der Waals surface area contributed by atoms with Crippen LogP contribution in [0.25, 0.3) is 0 Å². The van der Waals surface area contributed by atoms with Crippen molar-refractivity contribution in [3.8, 4) is 0 Å². The monoisotopic (exact) mass is 190 g/mol. The molecule has 0 saturated carbocycles. The van der Waals surface area contributed by atoms with Gasteiger partial charge in [0.1, 0.15) is 0 Å². The van der Waals surface area contributed by atoms with E-state index in [0.717, 1.165) is 6.54 Å². The lowest BCUT2D eigenvalue weighted by Crippen LogP contribution is -2.22. The first-order valence-corrected chi connectivity index (χ1v) is 3.62. The highest BCUT2D eigenvalue weighted by atomic mass is 35.5. The first-order chi connectivity index (χ1) is 5.38. The molecule has 0 amide bonds. The Morgan fingerprint density at radius 2 is 2.33 bits per heavy atom. The van der Waals surface area contributed by atoms with Gasteiger partial charge in [0.2, 0.25) is 0 Å². The van der Waals surface area contributed by atoms with Crippen molar-refractivity contribution in [2.45, 2.75) is 12.1 Å². The van der Waals surface area contributed by atoms with Crippen molar-refractivity contribution in [1.29, 1.82) is 0 Å². The molecule has 2 atom stereocenters. The van der Waals surface area contributed by atoms with Crippen molar-refractivity contribution in [2.24, 2.45) is 0 Å². The second-order valence-corrected chi connectivity index (χ2v) is 2.68. The fraction of sp³-hybridized carbons (Fsp3) is 0.667. The molecule has 0 radical (unpaired) electrons. The number of aliphatic hydroxyl groups is 1. The number of rotatable bonds is 1. The molecule has 1 fully saturated rings. The van der Waals surface area contributed by atoms with Gasteiger partial charge in [-0.15, -0.1) is 17.5 Å². The Hall–Kier alpha value is -0.650. The van der Waals surface area contributed by atoms with Gasteiger partial charge >= 0.3 is 0 Å².